The molecular weight excluding hydrogens is 399 g/mol. The molecule has 0 bridgehead atoms. The van der Waals surface area contributed by atoms with Gasteiger partial charge in [-0.25, -0.2) is 19.0 Å². The highest BCUT2D eigenvalue weighted by atomic mass is 32.1. The Kier molecular flexibility index (Phi) is 4.82. The summed E-state index contributed by atoms with van der Waals surface area (Å²) in [6, 6.07) is 5.57. The maximum atomic E-state index is 13.0. The molecule has 0 unspecified atom stereocenters. The summed E-state index contributed by atoms with van der Waals surface area (Å²) >= 11 is 1.31. The number of nitrogens with one attached hydrogen (secondary N) is 2. The third-order valence-corrected chi connectivity index (χ3v) is 5.87. The number of hydrogen-bond acceptors (Lipinski definition) is 5. The molecule has 2 N–H and O–H groups in total. The third kappa shape index (κ3) is 3.60. The van der Waals surface area contributed by atoms with Crippen molar-refractivity contribution >= 4 is 34.4 Å². The second-order valence-corrected chi connectivity index (χ2v) is 8.04. The van der Waals surface area contributed by atoms with Gasteiger partial charge in [0.25, 0.3) is 0 Å². The van der Waals surface area contributed by atoms with Crippen molar-refractivity contribution in [3.05, 3.63) is 46.7 Å². The molecule has 0 saturated carbocycles. The molecule has 9 nitrogen and oxygen atoms in total. The lowest BCUT2D eigenvalue weighted by molar-refractivity contribution is -0.117. The number of rotatable bonds is 5. The van der Waals surface area contributed by atoms with Crippen molar-refractivity contribution in [2.75, 3.05) is 26.0 Å². The number of nitrogens with zero attached hydrogens (tertiary/aromatic N) is 4. The summed E-state index contributed by atoms with van der Waals surface area (Å²) in [5.41, 5.74) is 0.936. The first-order valence-corrected chi connectivity index (χ1v) is 9.71. The van der Waals surface area contributed by atoms with Crippen molar-refractivity contribution in [1.82, 2.24) is 25.0 Å². The number of anilines is 1. The van der Waals surface area contributed by atoms with Gasteiger partial charge in [0.2, 0.25) is 5.91 Å². The first-order chi connectivity index (χ1) is 13.8. The van der Waals surface area contributed by atoms with Crippen LogP contribution in [0.4, 0.5) is 19.1 Å². The molecule has 29 heavy (non-hydrogen) atoms. The number of amides is 5. The van der Waals surface area contributed by atoms with Crippen LogP contribution >= 0.6 is 11.3 Å². The molecule has 5 amide bonds. The highest BCUT2D eigenvalue weighted by Gasteiger charge is 2.52. The summed E-state index contributed by atoms with van der Waals surface area (Å²) in [7, 11) is 3.20. The minimum Gasteiger partial charge on any atom is -0.314 e. The van der Waals surface area contributed by atoms with E-state index in [-0.39, 0.29) is 18.4 Å². The van der Waals surface area contributed by atoms with E-state index in [4.69, 9.17) is 0 Å². The summed E-state index contributed by atoms with van der Waals surface area (Å²) in [6.07, 6.45) is 1.19. The first kappa shape index (κ1) is 19.1. The smallest absolute Gasteiger partial charge is 0.314 e. The minimum atomic E-state index is -0.545. The number of carbonyl (C=O) groups excluding carboxylic acids is 3. The van der Waals surface area contributed by atoms with Gasteiger partial charge in [-0.1, -0.05) is 12.1 Å². The zero-order valence-corrected chi connectivity index (χ0v) is 16.6. The number of benzene rings is 1. The summed E-state index contributed by atoms with van der Waals surface area (Å²) in [6.45, 7) is -0.203. The highest BCUT2D eigenvalue weighted by molar-refractivity contribution is 7.15. The molecule has 3 heterocycles. The predicted molar refractivity (Wildman–Crippen MR) is 104 cm³/mol. The van der Waals surface area contributed by atoms with Crippen LogP contribution in [-0.4, -0.2) is 70.6 Å². The van der Waals surface area contributed by atoms with Crippen LogP contribution in [0.15, 0.2) is 30.5 Å². The molecule has 2 aromatic rings. The van der Waals surface area contributed by atoms with Crippen LogP contribution in [-0.2, 0) is 11.2 Å². The number of halogens is 1. The van der Waals surface area contributed by atoms with Crippen molar-refractivity contribution in [3.8, 4) is 0 Å². The minimum absolute atomic E-state index is 0.203. The lowest BCUT2D eigenvalue weighted by Crippen LogP contribution is -2.47. The molecule has 1 aromatic carbocycles. The Bertz CT molecular complexity index is 965. The molecule has 2 fully saturated rings. The number of hydrogen-bond donors (Lipinski definition) is 2. The Labute approximate surface area is 170 Å². The number of likely N-dealkylation sites (N-methyl/N-ethyl adjacent to an activating group) is 2. The summed E-state index contributed by atoms with van der Waals surface area (Å²) in [5, 5.41) is 5.82. The molecule has 2 aliphatic heterocycles. The third-order valence-electron chi connectivity index (χ3n) is 4.96. The summed E-state index contributed by atoms with van der Waals surface area (Å²) < 4.78 is 13.0. The topological polar surface area (TPSA) is 97.9 Å². The van der Waals surface area contributed by atoms with E-state index in [2.05, 4.69) is 15.6 Å². The van der Waals surface area contributed by atoms with Gasteiger partial charge in [-0.3, -0.25) is 9.69 Å². The van der Waals surface area contributed by atoms with E-state index >= 15 is 0 Å². The van der Waals surface area contributed by atoms with Gasteiger partial charge in [0.1, 0.15) is 24.7 Å². The van der Waals surface area contributed by atoms with Crippen molar-refractivity contribution in [2.24, 2.45) is 0 Å². The largest absolute Gasteiger partial charge is 0.323 e. The fraction of sp³-hybridized carbons (Fsp3) is 0.333. The van der Waals surface area contributed by atoms with E-state index < -0.39 is 24.3 Å². The second-order valence-electron chi connectivity index (χ2n) is 6.92. The Balaban J connectivity index is 1.38. The molecule has 2 atom stereocenters. The van der Waals surface area contributed by atoms with Crippen LogP contribution < -0.4 is 10.6 Å². The molecule has 2 aliphatic rings. The lowest BCUT2D eigenvalue weighted by Gasteiger charge is -2.25. The van der Waals surface area contributed by atoms with Crippen LogP contribution in [0.25, 0.3) is 0 Å². The van der Waals surface area contributed by atoms with Gasteiger partial charge in [0.05, 0.1) is 0 Å². The molecular formula is C18H19FN6O3S. The van der Waals surface area contributed by atoms with E-state index in [0.717, 1.165) is 10.4 Å². The van der Waals surface area contributed by atoms with E-state index in [1.807, 2.05) is 0 Å². The molecule has 11 heteroatoms. The van der Waals surface area contributed by atoms with Gasteiger partial charge in [0, 0.05) is 31.6 Å². The number of aromatic nitrogens is 1. The monoisotopic (exact) mass is 418 g/mol. The van der Waals surface area contributed by atoms with Gasteiger partial charge < -0.3 is 20.4 Å². The molecule has 0 spiro atoms. The maximum absolute atomic E-state index is 13.0. The number of fused-ring (bicyclic) bond motifs is 1. The fourth-order valence-electron chi connectivity index (χ4n) is 3.50. The molecule has 2 saturated heterocycles. The number of carbonyl (C=O) groups is 3. The maximum Gasteiger partial charge on any atom is 0.323 e. The zero-order valence-electron chi connectivity index (χ0n) is 15.8. The zero-order chi connectivity index (χ0) is 20.7. The van der Waals surface area contributed by atoms with Crippen molar-refractivity contribution in [2.45, 2.75) is 18.8 Å². The van der Waals surface area contributed by atoms with Crippen LogP contribution in [0.5, 0.6) is 0 Å². The standard InChI is InChI=1S/C18H19FN6O3S/c1-23-14-15(24(2)18(23)28)25(17(27)22-14)9-13(26)21-16-20-8-12(29-16)7-10-3-5-11(19)6-4-10/h3-6,8,14-15H,7,9H2,1-2H3,(H,22,27)(H,20,21,26)/t14-,15-/m1/s1. The Morgan fingerprint density at radius 1 is 1.24 bits per heavy atom. The van der Waals surface area contributed by atoms with E-state index in [1.54, 1.807) is 32.4 Å². The van der Waals surface area contributed by atoms with Crippen LogP contribution in [0, 0.1) is 5.82 Å². The Morgan fingerprint density at radius 3 is 2.69 bits per heavy atom. The van der Waals surface area contributed by atoms with Gasteiger partial charge in [0.15, 0.2) is 5.13 Å². The molecule has 152 valence electrons. The van der Waals surface area contributed by atoms with Crippen LogP contribution in [0.3, 0.4) is 0 Å². The van der Waals surface area contributed by atoms with Gasteiger partial charge >= 0.3 is 12.1 Å². The average Bonchev–Trinajstić information content (AvgIpc) is 3.31. The highest BCUT2D eigenvalue weighted by Crippen LogP contribution is 2.27. The second kappa shape index (κ2) is 7.32. The molecule has 0 aliphatic carbocycles. The first-order valence-electron chi connectivity index (χ1n) is 8.89. The van der Waals surface area contributed by atoms with Gasteiger partial charge in [-0.2, -0.15) is 0 Å². The van der Waals surface area contributed by atoms with Crippen LogP contribution in [0.1, 0.15) is 10.4 Å². The predicted octanol–water partition coefficient (Wildman–Crippen LogP) is 1.49. The number of thiazole rings is 1. The quantitative estimate of drug-likeness (QED) is 0.769. The van der Waals surface area contributed by atoms with Gasteiger partial charge in [-0.15, -0.1) is 11.3 Å². The fourth-order valence-corrected chi connectivity index (χ4v) is 4.37. The van der Waals surface area contributed by atoms with Crippen molar-refractivity contribution < 1.29 is 18.8 Å². The molecule has 0 radical (unpaired) electrons. The van der Waals surface area contributed by atoms with E-state index in [9.17, 15) is 18.8 Å². The Morgan fingerprint density at radius 2 is 1.97 bits per heavy atom. The Hall–Kier alpha value is -3.21. The van der Waals surface area contributed by atoms with Crippen LogP contribution in [0.2, 0.25) is 0 Å². The van der Waals surface area contributed by atoms with Crippen molar-refractivity contribution in [1.29, 1.82) is 0 Å². The SMILES string of the molecule is CN1C(=O)N(C)[C@H]2NC(=O)N(CC(=O)Nc3ncc(Cc4ccc(F)cc4)s3)[C@H]21. The summed E-state index contributed by atoms with van der Waals surface area (Å²) in [5.74, 6) is -0.695. The number of urea groups is 2. The summed E-state index contributed by atoms with van der Waals surface area (Å²) in [4.78, 5) is 46.0. The molecule has 1 aromatic heterocycles. The van der Waals surface area contributed by atoms with Gasteiger partial charge in [-0.05, 0) is 17.7 Å². The normalized spacial score (nSPS) is 20.9. The average molecular weight is 418 g/mol. The van der Waals surface area contributed by atoms with E-state index in [1.165, 1.54) is 38.2 Å². The molecule has 4 rings (SSSR count). The van der Waals surface area contributed by atoms with Crippen molar-refractivity contribution in [3.63, 3.8) is 0 Å². The van der Waals surface area contributed by atoms with E-state index in [0.29, 0.717) is 11.6 Å². The lowest BCUT2D eigenvalue weighted by atomic mass is 10.1.